The van der Waals surface area contributed by atoms with Gasteiger partial charge in [0.25, 0.3) is 29.3 Å². The molecular formula is C30H32N6O10S. The zero-order chi connectivity index (χ0) is 35.1. The molecule has 0 saturated heterocycles. The second-order valence-corrected chi connectivity index (χ2v) is 12.0. The molecule has 16 nitrogen and oxygen atoms in total. The molecule has 2 unspecified atom stereocenters. The van der Waals surface area contributed by atoms with Crippen LogP contribution in [0.2, 0.25) is 0 Å². The number of nitrogen functional groups attached to an aromatic ring is 1. The molecule has 4 rings (SSSR count). The largest absolute Gasteiger partial charge is 0.481 e. The first-order valence-corrected chi connectivity index (χ1v) is 15.1. The zero-order valence-corrected chi connectivity index (χ0v) is 26.1. The van der Waals surface area contributed by atoms with Gasteiger partial charge in [-0.15, -0.1) is 0 Å². The van der Waals surface area contributed by atoms with Crippen molar-refractivity contribution >= 4 is 56.9 Å². The monoisotopic (exact) mass is 668 g/mol. The van der Waals surface area contributed by atoms with Gasteiger partial charge in [0.2, 0.25) is 10.0 Å². The molecule has 0 aliphatic carbocycles. The maximum absolute atomic E-state index is 13.3. The molecule has 1 aliphatic rings. The minimum absolute atomic E-state index is 0.0111. The van der Waals surface area contributed by atoms with Crippen molar-refractivity contribution < 1.29 is 47.3 Å². The first-order chi connectivity index (χ1) is 21.9. The number of amidine groups is 1. The van der Waals surface area contributed by atoms with Crippen molar-refractivity contribution in [2.45, 2.75) is 43.9 Å². The van der Waals surface area contributed by atoms with Crippen LogP contribution in [0.4, 0.5) is 11.4 Å². The number of carbonyl (C=O) groups is 5. The predicted octanol–water partition coefficient (Wildman–Crippen LogP) is 1.61. The molecule has 2 atom stereocenters. The third kappa shape index (κ3) is 9.35. The standard InChI is InChI=1S/C28H28N6O8S.C2H4O2/c1-15-3-10-19(11-4-15)43(40,41)34-22(14-23(35)36)33-27(39)28(2)26(38)32-20-12-9-18(13-21(20)42-28)31-25(37)17-7-5-16(6-8-17)24(29)30;1-2(3)4/h3-13,22,34H,14H2,1-2H3,(H3,29,30)(H,31,37)(H,32,38)(H,33,39)(H,35,36);1H3,(H,3,4). The van der Waals surface area contributed by atoms with Crippen molar-refractivity contribution in [2.75, 3.05) is 10.6 Å². The normalized spacial score (nSPS) is 15.7. The highest BCUT2D eigenvalue weighted by atomic mass is 32.2. The summed E-state index contributed by atoms with van der Waals surface area (Å²) in [6.07, 6.45) is -2.47. The van der Waals surface area contributed by atoms with Crippen molar-refractivity contribution in [3.05, 3.63) is 83.4 Å². The smallest absolute Gasteiger partial charge is 0.306 e. The van der Waals surface area contributed by atoms with Gasteiger partial charge in [-0.05, 0) is 50.2 Å². The Morgan fingerprint density at radius 1 is 1.00 bits per heavy atom. The van der Waals surface area contributed by atoms with Crippen LogP contribution in [-0.2, 0) is 29.2 Å². The first kappa shape index (κ1) is 35.7. The predicted molar refractivity (Wildman–Crippen MR) is 169 cm³/mol. The van der Waals surface area contributed by atoms with Crippen molar-refractivity contribution in [1.29, 1.82) is 5.41 Å². The highest BCUT2D eigenvalue weighted by Gasteiger charge is 2.48. The Morgan fingerprint density at radius 2 is 1.57 bits per heavy atom. The van der Waals surface area contributed by atoms with Crippen molar-refractivity contribution in [2.24, 2.45) is 5.73 Å². The van der Waals surface area contributed by atoms with Crippen LogP contribution in [-0.4, -0.2) is 65.9 Å². The topological polar surface area (TPSA) is 267 Å². The average molecular weight is 669 g/mol. The van der Waals surface area contributed by atoms with E-state index in [0.29, 0.717) is 5.56 Å². The molecule has 3 aromatic rings. The third-order valence-corrected chi connectivity index (χ3v) is 7.93. The quantitative estimate of drug-likeness (QED) is 0.0665. The van der Waals surface area contributed by atoms with E-state index in [9.17, 15) is 32.7 Å². The number of amides is 3. The number of ether oxygens (including phenoxy) is 1. The van der Waals surface area contributed by atoms with E-state index in [1.54, 1.807) is 19.1 Å². The first-order valence-electron chi connectivity index (χ1n) is 13.6. The van der Waals surface area contributed by atoms with Gasteiger partial charge in [0.1, 0.15) is 17.8 Å². The number of rotatable bonds is 10. The van der Waals surface area contributed by atoms with E-state index in [1.807, 2.05) is 0 Å². The summed E-state index contributed by atoms with van der Waals surface area (Å²) < 4.78 is 33.6. The molecule has 1 heterocycles. The SMILES string of the molecule is CC(=O)O.Cc1ccc(S(=O)(=O)NC(CC(=O)O)NC(=O)C2(C)Oc3cc(NC(=O)c4ccc(C(=N)N)cc4)ccc3NC2=O)cc1. The fraction of sp³-hybridized carbons (Fsp3) is 0.200. The molecule has 1 aliphatic heterocycles. The Labute approximate surface area is 268 Å². The van der Waals surface area contributed by atoms with Gasteiger partial charge < -0.3 is 36.6 Å². The number of sulfonamides is 1. The maximum Gasteiger partial charge on any atom is 0.306 e. The van der Waals surface area contributed by atoms with Crippen LogP contribution in [0, 0.1) is 12.3 Å². The van der Waals surface area contributed by atoms with Crippen LogP contribution in [0.25, 0.3) is 0 Å². The number of hydrogen-bond acceptors (Lipinski definition) is 9. The molecule has 47 heavy (non-hydrogen) atoms. The van der Waals surface area contributed by atoms with E-state index < -0.39 is 57.9 Å². The molecule has 0 spiro atoms. The summed E-state index contributed by atoms with van der Waals surface area (Å²) in [6.45, 7) is 3.98. The summed E-state index contributed by atoms with van der Waals surface area (Å²) in [4.78, 5) is 59.3. The third-order valence-electron chi connectivity index (χ3n) is 6.44. The van der Waals surface area contributed by atoms with Gasteiger partial charge in [-0.25, -0.2) is 8.42 Å². The van der Waals surface area contributed by atoms with Gasteiger partial charge in [0.05, 0.1) is 17.0 Å². The number of carbonyl (C=O) groups excluding carboxylic acids is 3. The number of carboxylic acid groups (broad SMARTS) is 2. The fourth-order valence-corrected chi connectivity index (χ4v) is 5.16. The van der Waals surface area contributed by atoms with Crippen LogP contribution >= 0.6 is 0 Å². The van der Waals surface area contributed by atoms with Crippen molar-refractivity contribution in [3.63, 3.8) is 0 Å². The number of fused-ring (bicyclic) bond motifs is 1. The lowest BCUT2D eigenvalue weighted by Crippen LogP contribution is -2.62. The van der Waals surface area contributed by atoms with Gasteiger partial charge >= 0.3 is 5.97 Å². The second kappa shape index (κ2) is 14.5. The summed E-state index contributed by atoms with van der Waals surface area (Å²) in [6, 6.07) is 16.1. The zero-order valence-electron chi connectivity index (χ0n) is 25.3. The minimum Gasteiger partial charge on any atom is -0.481 e. The van der Waals surface area contributed by atoms with Crippen molar-refractivity contribution in [1.82, 2.24) is 10.0 Å². The molecule has 0 saturated carbocycles. The van der Waals surface area contributed by atoms with Crippen LogP contribution < -0.4 is 31.1 Å². The molecule has 9 N–H and O–H groups in total. The Morgan fingerprint density at radius 3 is 2.13 bits per heavy atom. The van der Waals surface area contributed by atoms with Crippen LogP contribution in [0.15, 0.2) is 71.6 Å². The molecule has 3 amide bonds. The summed E-state index contributed by atoms with van der Waals surface area (Å²) in [5.41, 5.74) is 5.17. The summed E-state index contributed by atoms with van der Waals surface area (Å²) in [7, 11) is -4.25. The number of nitrogens with one attached hydrogen (secondary N) is 5. The molecule has 0 fully saturated rings. The van der Waals surface area contributed by atoms with Gasteiger partial charge in [0.15, 0.2) is 0 Å². The second-order valence-electron chi connectivity index (χ2n) is 10.3. The van der Waals surface area contributed by atoms with Crippen LogP contribution in [0.3, 0.4) is 0 Å². The lowest BCUT2D eigenvalue weighted by molar-refractivity contribution is -0.147. The highest BCUT2D eigenvalue weighted by Crippen LogP contribution is 2.36. The minimum atomic E-state index is -4.25. The van der Waals surface area contributed by atoms with E-state index in [4.69, 9.17) is 25.8 Å². The summed E-state index contributed by atoms with van der Waals surface area (Å²) in [5, 5.41) is 31.6. The van der Waals surface area contributed by atoms with Crippen LogP contribution in [0.5, 0.6) is 5.75 Å². The number of nitrogens with two attached hydrogens (primary N) is 1. The Balaban J connectivity index is 0.00000142. The number of benzene rings is 3. The molecule has 3 aromatic carbocycles. The molecule has 248 valence electrons. The fourth-order valence-electron chi connectivity index (χ4n) is 4.02. The van der Waals surface area contributed by atoms with E-state index in [2.05, 4.69) is 20.7 Å². The van der Waals surface area contributed by atoms with E-state index >= 15 is 0 Å². The van der Waals surface area contributed by atoms with E-state index in [-0.39, 0.29) is 33.4 Å². The van der Waals surface area contributed by atoms with Gasteiger partial charge in [0, 0.05) is 29.8 Å². The molecular weight excluding hydrogens is 636 g/mol. The van der Waals surface area contributed by atoms with E-state index in [1.165, 1.54) is 54.6 Å². The summed E-state index contributed by atoms with van der Waals surface area (Å²) >= 11 is 0. The van der Waals surface area contributed by atoms with Crippen molar-refractivity contribution in [3.8, 4) is 5.75 Å². The number of hydrogen-bond donors (Lipinski definition) is 8. The number of aryl methyl sites for hydroxylation is 1. The maximum atomic E-state index is 13.3. The average Bonchev–Trinajstić information content (AvgIpc) is 2.97. The number of anilines is 2. The van der Waals surface area contributed by atoms with Gasteiger partial charge in [-0.2, -0.15) is 4.72 Å². The number of aliphatic carboxylic acids is 2. The molecule has 0 aromatic heterocycles. The lowest BCUT2D eigenvalue weighted by atomic mass is 10.0. The molecule has 0 bridgehead atoms. The molecule has 17 heteroatoms. The molecule has 0 radical (unpaired) electrons. The Hall–Kier alpha value is -5.81. The Bertz CT molecular complexity index is 1820. The Kier molecular flexibility index (Phi) is 11.0. The lowest BCUT2D eigenvalue weighted by Gasteiger charge is -2.34. The number of carboxylic acids is 2. The van der Waals surface area contributed by atoms with Gasteiger partial charge in [-0.1, -0.05) is 29.8 Å². The van der Waals surface area contributed by atoms with Gasteiger partial charge in [-0.3, -0.25) is 29.4 Å². The van der Waals surface area contributed by atoms with E-state index in [0.717, 1.165) is 19.4 Å². The van der Waals surface area contributed by atoms with Crippen LogP contribution in [0.1, 0.15) is 41.8 Å². The highest BCUT2D eigenvalue weighted by molar-refractivity contribution is 7.89. The summed E-state index contributed by atoms with van der Waals surface area (Å²) in [5.74, 6) is -4.89.